The average Bonchev–Trinajstić information content (AvgIpc) is 3.40. The number of nitrogens with zero attached hydrogens (tertiary/aromatic N) is 5. The van der Waals surface area contributed by atoms with Crippen LogP contribution in [0.5, 0.6) is 0 Å². The van der Waals surface area contributed by atoms with E-state index in [1.54, 1.807) is 43.8 Å². The first-order chi connectivity index (χ1) is 17.1. The Kier molecular flexibility index (Phi) is 7.06. The van der Waals surface area contributed by atoms with Crippen LogP contribution in [-0.4, -0.2) is 55.4 Å². The molecule has 0 saturated carbocycles. The lowest BCUT2D eigenvalue weighted by Crippen LogP contribution is -2.35. The maximum absolute atomic E-state index is 12.9. The van der Waals surface area contributed by atoms with Crippen molar-refractivity contribution in [2.75, 3.05) is 23.7 Å². The van der Waals surface area contributed by atoms with Crippen LogP contribution in [0.1, 0.15) is 31.1 Å². The molecular weight excluding hydrogens is 488 g/mol. The molecule has 0 aromatic carbocycles. The van der Waals surface area contributed by atoms with Gasteiger partial charge in [-0.05, 0) is 32.9 Å². The van der Waals surface area contributed by atoms with Crippen LogP contribution in [0, 0.1) is 0 Å². The lowest BCUT2D eigenvalue weighted by Gasteiger charge is -2.19. The molecule has 0 aliphatic rings. The number of pyridine rings is 2. The molecular formula is C23H25ClN8O4. The second-order valence-corrected chi connectivity index (χ2v) is 9.15. The lowest BCUT2D eigenvalue weighted by atomic mass is 10.2. The Morgan fingerprint density at radius 1 is 1.17 bits per heavy atom. The maximum atomic E-state index is 12.9. The summed E-state index contributed by atoms with van der Waals surface area (Å²) in [7, 11) is 1.81. The number of aryl methyl sites for hydroxylation is 1. The summed E-state index contributed by atoms with van der Waals surface area (Å²) in [4.78, 5) is 37.4. The number of aromatic nitrogens is 5. The first-order valence-electron chi connectivity index (χ1n) is 11.0. The third-order valence-corrected chi connectivity index (χ3v) is 4.93. The minimum Gasteiger partial charge on any atom is -0.444 e. The summed E-state index contributed by atoms with van der Waals surface area (Å²) < 4.78 is 12.5. The molecule has 36 heavy (non-hydrogen) atoms. The van der Waals surface area contributed by atoms with Crippen LogP contribution < -0.4 is 16.0 Å². The first-order valence-corrected chi connectivity index (χ1v) is 11.4. The maximum Gasteiger partial charge on any atom is 0.407 e. The zero-order valence-corrected chi connectivity index (χ0v) is 20.9. The molecule has 4 rings (SSSR count). The average molecular weight is 513 g/mol. The van der Waals surface area contributed by atoms with E-state index in [-0.39, 0.29) is 34.5 Å². The highest BCUT2D eigenvalue weighted by Gasteiger charge is 2.18. The van der Waals surface area contributed by atoms with E-state index in [1.807, 2.05) is 19.3 Å². The summed E-state index contributed by atoms with van der Waals surface area (Å²) in [5.74, 6) is -0.160. The Bertz CT molecular complexity index is 1410. The van der Waals surface area contributed by atoms with Gasteiger partial charge in [0.25, 0.3) is 11.9 Å². The molecule has 2 amide bonds. The number of alkyl carbamates (subject to hydrolysis) is 1. The number of halogens is 1. The number of oxazole rings is 1. The minimum atomic E-state index is -0.578. The Labute approximate surface area is 211 Å². The number of amides is 2. The molecule has 0 aliphatic carbocycles. The zero-order valence-electron chi connectivity index (χ0n) is 20.1. The second kappa shape index (κ2) is 10.2. The van der Waals surface area contributed by atoms with Crippen molar-refractivity contribution in [3.8, 4) is 11.3 Å². The summed E-state index contributed by atoms with van der Waals surface area (Å²) in [6.07, 6.45) is 2.99. The summed E-state index contributed by atoms with van der Waals surface area (Å²) in [5.41, 5.74) is 1.50. The van der Waals surface area contributed by atoms with E-state index >= 15 is 0 Å². The van der Waals surface area contributed by atoms with E-state index < -0.39 is 17.6 Å². The van der Waals surface area contributed by atoms with Gasteiger partial charge in [-0.25, -0.2) is 14.8 Å². The topological polar surface area (TPSA) is 149 Å². The molecule has 0 spiro atoms. The molecule has 0 aliphatic heterocycles. The van der Waals surface area contributed by atoms with Gasteiger partial charge in [0.1, 0.15) is 16.6 Å². The van der Waals surface area contributed by atoms with Gasteiger partial charge in [-0.3, -0.25) is 9.48 Å². The number of carbonyl (C=O) groups is 2. The Hall–Kier alpha value is -4.19. The smallest absolute Gasteiger partial charge is 0.407 e. The zero-order chi connectivity index (χ0) is 25.9. The molecule has 0 fully saturated rings. The number of hydrogen-bond acceptors (Lipinski definition) is 9. The van der Waals surface area contributed by atoms with Crippen molar-refractivity contribution < 1.29 is 18.7 Å². The predicted molar refractivity (Wildman–Crippen MR) is 134 cm³/mol. The largest absolute Gasteiger partial charge is 0.444 e. The van der Waals surface area contributed by atoms with Gasteiger partial charge < -0.3 is 25.1 Å². The lowest BCUT2D eigenvalue weighted by molar-refractivity contribution is 0.0529. The molecule has 0 saturated heterocycles. The number of rotatable bonds is 7. The Morgan fingerprint density at radius 2 is 1.97 bits per heavy atom. The van der Waals surface area contributed by atoms with E-state index in [0.29, 0.717) is 18.1 Å². The molecule has 4 aromatic rings. The van der Waals surface area contributed by atoms with Crippen LogP contribution in [0.2, 0.25) is 5.15 Å². The highest BCUT2D eigenvalue weighted by molar-refractivity contribution is 6.33. The molecule has 0 bridgehead atoms. The highest BCUT2D eigenvalue weighted by Crippen LogP contribution is 2.24. The van der Waals surface area contributed by atoms with Crippen LogP contribution in [0.15, 0.2) is 41.1 Å². The van der Waals surface area contributed by atoms with E-state index in [0.717, 1.165) is 5.56 Å². The second-order valence-electron chi connectivity index (χ2n) is 8.79. The van der Waals surface area contributed by atoms with Crippen LogP contribution in [0.4, 0.5) is 16.6 Å². The van der Waals surface area contributed by atoms with Crippen LogP contribution in [0.3, 0.4) is 0 Å². The number of fused-ring (bicyclic) bond motifs is 1. The van der Waals surface area contributed by atoms with E-state index in [4.69, 9.17) is 20.8 Å². The van der Waals surface area contributed by atoms with E-state index in [1.165, 1.54) is 6.07 Å². The van der Waals surface area contributed by atoms with Gasteiger partial charge in [0.2, 0.25) is 5.65 Å². The molecule has 0 atom stereocenters. The molecule has 4 heterocycles. The van der Waals surface area contributed by atoms with Crippen molar-refractivity contribution in [3.63, 3.8) is 0 Å². The molecule has 3 N–H and O–H groups in total. The van der Waals surface area contributed by atoms with Gasteiger partial charge in [0.15, 0.2) is 5.58 Å². The molecule has 13 heteroatoms. The molecule has 0 unspecified atom stereocenters. The fraction of sp³-hybridized carbons (Fsp3) is 0.304. The van der Waals surface area contributed by atoms with Gasteiger partial charge in [-0.2, -0.15) is 10.1 Å². The molecule has 4 aromatic heterocycles. The standard InChI is InChI=1S/C23H25ClN8O4/c1-23(2,3)36-22(34)26-9-8-25-21-31-19-16(35-21)10-14(18(24)30-19)20(33)29-17-7-5-6-15(28-17)13-11-27-32(4)12-13/h5-7,10-12H,8-9H2,1-4H3,(H,26,34)(H,25,30,31)(H,28,29,33). The molecule has 0 radical (unpaired) electrons. The number of carbonyl (C=O) groups excluding carboxylic acids is 2. The Balaban J connectivity index is 1.40. The van der Waals surface area contributed by atoms with Crippen molar-refractivity contribution in [1.29, 1.82) is 0 Å². The first kappa shape index (κ1) is 24.9. The van der Waals surface area contributed by atoms with Gasteiger partial charge >= 0.3 is 6.09 Å². The quantitative estimate of drug-likeness (QED) is 0.248. The third kappa shape index (κ3) is 6.27. The summed E-state index contributed by atoms with van der Waals surface area (Å²) in [5, 5.41) is 12.4. The van der Waals surface area contributed by atoms with Crippen molar-refractivity contribution in [2.45, 2.75) is 26.4 Å². The van der Waals surface area contributed by atoms with Crippen LogP contribution in [-0.2, 0) is 11.8 Å². The number of hydrogen-bond donors (Lipinski definition) is 3. The fourth-order valence-corrected chi connectivity index (χ4v) is 3.35. The minimum absolute atomic E-state index is 0.0325. The van der Waals surface area contributed by atoms with Gasteiger partial charge in [-0.15, -0.1) is 0 Å². The van der Waals surface area contributed by atoms with Gasteiger partial charge in [-0.1, -0.05) is 17.7 Å². The number of nitrogens with one attached hydrogen (secondary N) is 3. The summed E-state index contributed by atoms with van der Waals surface area (Å²) in [6.45, 7) is 5.95. The van der Waals surface area contributed by atoms with Gasteiger partial charge in [0, 0.05) is 38.0 Å². The van der Waals surface area contributed by atoms with Gasteiger partial charge in [0.05, 0.1) is 17.5 Å². The summed E-state index contributed by atoms with van der Waals surface area (Å²) >= 11 is 6.25. The number of anilines is 2. The highest BCUT2D eigenvalue weighted by atomic mass is 35.5. The molecule has 188 valence electrons. The van der Waals surface area contributed by atoms with Crippen molar-refractivity contribution in [3.05, 3.63) is 47.4 Å². The van der Waals surface area contributed by atoms with Crippen LogP contribution in [0.25, 0.3) is 22.5 Å². The monoisotopic (exact) mass is 512 g/mol. The van der Waals surface area contributed by atoms with E-state index in [2.05, 4.69) is 36.0 Å². The predicted octanol–water partition coefficient (Wildman–Crippen LogP) is 3.86. The van der Waals surface area contributed by atoms with E-state index in [9.17, 15) is 9.59 Å². The van der Waals surface area contributed by atoms with Crippen LogP contribution >= 0.6 is 11.6 Å². The molecule has 12 nitrogen and oxygen atoms in total. The fourth-order valence-electron chi connectivity index (χ4n) is 3.13. The van der Waals surface area contributed by atoms with Crippen molar-refractivity contribution in [2.24, 2.45) is 7.05 Å². The Morgan fingerprint density at radius 3 is 2.69 bits per heavy atom. The third-order valence-electron chi connectivity index (χ3n) is 4.64. The SMILES string of the molecule is Cn1cc(-c2cccc(NC(=O)c3cc4oc(NCCNC(=O)OC(C)(C)C)nc4nc3Cl)n2)cn1. The number of ether oxygens (including phenoxy) is 1. The van der Waals surface area contributed by atoms with Crippen molar-refractivity contribution >= 4 is 46.7 Å². The summed E-state index contributed by atoms with van der Waals surface area (Å²) in [6, 6.07) is 6.89. The van der Waals surface area contributed by atoms with Crippen molar-refractivity contribution in [1.82, 2.24) is 30.0 Å². The normalized spacial score (nSPS) is 11.4.